The molecule has 1 fully saturated rings. The first-order chi connectivity index (χ1) is 9.07. The summed E-state index contributed by atoms with van der Waals surface area (Å²) in [6.45, 7) is 4.87. The Morgan fingerprint density at radius 3 is 2.68 bits per heavy atom. The molecular weight excluding hydrogens is 240 g/mol. The molecule has 0 atom stereocenters. The van der Waals surface area contributed by atoms with Crippen LogP contribution >= 0.6 is 0 Å². The molecule has 0 aliphatic heterocycles. The Morgan fingerprint density at radius 1 is 1.37 bits per heavy atom. The number of aromatic nitrogens is 1. The van der Waals surface area contributed by atoms with Crippen molar-refractivity contribution in [3.8, 4) is 0 Å². The molecule has 0 saturated heterocycles. The number of pyridine rings is 1. The Hall–Kier alpha value is -1.58. The van der Waals surface area contributed by atoms with Crippen molar-refractivity contribution in [1.29, 1.82) is 0 Å². The van der Waals surface area contributed by atoms with E-state index in [0.29, 0.717) is 6.54 Å². The topological polar surface area (TPSA) is 62.0 Å². The fraction of sp³-hybridized carbons (Fsp3) is 0.600. The van der Waals surface area contributed by atoms with Crippen molar-refractivity contribution in [3.63, 3.8) is 0 Å². The molecule has 19 heavy (non-hydrogen) atoms. The van der Waals surface area contributed by atoms with Crippen LogP contribution in [0.25, 0.3) is 0 Å². The van der Waals surface area contributed by atoms with Gasteiger partial charge in [-0.25, -0.2) is 0 Å². The highest BCUT2D eigenvalue weighted by molar-refractivity contribution is 5.93. The molecule has 0 bridgehead atoms. The molecule has 0 spiro atoms. The lowest BCUT2D eigenvalue weighted by Crippen LogP contribution is -2.31. The smallest absolute Gasteiger partial charge is 0.261 e. The number of hydrogen-bond acceptors (Lipinski definition) is 2. The molecule has 1 aromatic rings. The van der Waals surface area contributed by atoms with Crippen LogP contribution in [0, 0.1) is 0 Å². The Balaban J connectivity index is 2.00. The van der Waals surface area contributed by atoms with Crippen molar-refractivity contribution in [3.05, 3.63) is 33.7 Å². The maximum atomic E-state index is 11.9. The summed E-state index contributed by atoms with van der Waals surface area (Å²) in [6, 6.07) is 3.52. The second kappa shape index (κ2) is 5.59. The maximum Gasteiger partial charge on any atom is 0.261 e. The number of carbonyl (C=O) groups is 1. The Labute approximate surface area is 113 Å². The van der Waals surface area contributed by atoms with Crippen LogP contribution in [-0.2, 0) is 5.41 Å². The van der Waals surface area contributed by atoms with E-state index in [1.165, 1.54) is 0 Å². The minimum atomic E-state index is -0.279. The third kappa shape index (κ3) is 3.25. The van der Waals surface area contributed by atoms with Gasteiger partial charge in [-0.2, -0.15) is 0 Å². The second-order valence-electron chi connectivity index (χ2n) is 5.64. The molecule has 1 aliphatic carbocycles. The van der Waals surface area contributed by atoms with Gasteiger partial charge in [-0.05, 0) is 31.4 Å². The van der Waals surface area contributed by atoms with Crippen molar-refractivity contribution < 1.29 is 4.79 Å². The Morgan fingerprint density at radius 2 is 2.11 bits per heavy atom. The summed E-state index contributed by atoms with van der Waals surface area (Å²) in [5, 5.41) is 2.79. The number of rotatable bonds is 6. The van der Waals surface area contributed by atoms with E-state index < -0.39 is 0 Å². The highest BCUT2D eigenvalue weighted by Crippen LogP contribution is 2.46. The fourth-order valence-corrected chi connectivity index (χ4v) is 2.13. The number of unbranched alkanes of at least 4 members (excludes halogenated alkanes) is 2. The van der Waals surface area contributed by atoms with Crippen LogP contribution in [0.5, 0.6) is 0 Å². The Kier molecular flexibility index (Phi) is 4.08. The highest BCUT2D eigenvalue weighted by Gasteiger charge is 2.40. The molecule has 1 aromatic heterocycles. The molecule has 4 nitrogen and oxygen atoms in total. The quantitative estimate of drug-likeness (QED) is 0.773. The number of H-pyrrole nitrogens is 1. The average molecular weight is 262 g/mol. The molecule has 1 saturated carbocycles. The van der Waals surface area contributed by atoms with E-state index in [9.17, 15) is 9.59 Å². The number of hydrogen-bond donors (Lipinski definition) is 2. The van der Waals surface area contributed by atoms with Gasteiger partial charge in [-0.15, -0.1) is 0 Å². The minimum absolute atomic E-state index is 0.120. The molecule has 2 N–H and O–H groups in total. The van der Waals surface area contributed by atoms with Crippen molar-refractivity contribution in [2.75, 3.05) is 6.54 Å². The van der Waals surface area contributed by atoms with Crippen molar-refractivity contribution >= 4 is 5.91 Å². The summed E-state index contributed by atoms with van der Waals surface area (Å²) in [4.78, 5) is 26.6. The first kappa shape index (κ1) is 13.8. The summed E-state index contributed by atoms with van der Waals surface area (Å²) in [6.07, 6.45) is 5.37. The molecular formula is C15H22N2O2. The number of carbonyl (C=O) groups excluding carboxylic acids is 1. The number of amides is 1. The molecule has 1 heterocycles. The first-order valence-electron chi connectivity index (χ1n) is 7.09. The fourth-order valence-electron chi connectivity index (χ4n) is 2.13. The van der Waals surface area contributed by atoms with Crippen LogP contribution in [0.2, 0.25) is 0 Å². The van der Waals surface area contributed by atoms with Gasteiger partial charge in [0.1, 0.15) is 5.56 Å². The van der Waals surface area contributed by atoms with Crippen molar-refractivity contribution in [2.45, 2.75) is 51.4 Å². The van der Waals surface area contributed by atoms with Gasteiger partial charge in [0.15, 0.2) is 0 Å². The van der Waals surface area contributed by atoms with Crippen LogP contribution < -0.4 is 10.9 Å². The summed E-state index contributed by atoms with van der Waals surface area (Å²) in [7, 11) is 0. The lowest BCUT2D eigenvalue weighted by atomic mass is 10.0. The van der Waals surface area contributed by atoms with Crippen molar-refractivity contribution in [1.82, 2.24) is 10.3 Å². The molecule has 1 amide bonds. The maximum absolute atomic E-state index is 11.9. The van der Waals surface area contributed by atoms with Crippen LogP contribution in [-0.4, -0.2) is 17.4 Å². The minimum Gasteiger partial charge on any atom is -0.352 e. The summed E-state index contributed by atoms with van der Waals surface area (Å²) >= 11 is 0. The van der Waals surface area contributed by atoms with Gasteiger partial charge in [0.25, 0.3) is 11.5 Å². The van der Waals surface area contributed by atoms with Crippen LogP contribution in [0.4, 0.5) is 0 Å². The van der Waals surface area contributed by atoms with Gasteiger partial charge in [0.2, 0.25) is 0 Å². The van der Waals surface area contributed by atoms with Gasteiger partial charge in [-0.3, -0.25) is 9.59 Å². The summed E-state index contributed by atoms with van der Waals surface area (Å²) in [5.41, 5.74) is 0.998. The number of aromatic amines is 1. The molecule has 0 radical (unpaired) electrons. The van der Waals surface area contributed by atoms with E-state index >= 15 is 0 Å². The van der Waals surface area contributed by atoms with E-state index in [1.807, 2.05) is 6.07 Å². The van der Waals surface area contributed by atoms with E-state index in [4.69, 9.17) is 0 Å². The van der Waals surface area contributed by atoms with Gasteiger partial charge >= 0.3 is 0 Å². The first-order valence-corrected chi connectivity index (χ1v) is 7.09. The van der Waals surface area contributed by atoms with Crippen LogP contribution in [0.3, 0.4) is 0 Å². The van der Waals surface area contributed by atoms with E-state index in [1.54, 1.807) is 6.07 Å². The Bertz CT molecular complexity index is 515. The largest absolute Gasteiger partial charge is 0.352 e. The summed E-state index contributed by atoms with van der Waals surface area (Å²) in [5.74, 6) is -0.273. The monoisotopic (exact) mass is 262 g/mol. The zero-order chi connectivity index (χ0) is 13.9. The molecule has 1 aliphatic rings. The predicted octanol–water partition coefficient (Wildman–Crippen LogP) is 2.35. The third-order valence-corrected chi connectivity index (χ3v) is 3.87. The zero-order valence-corrected chi connectivity index (χ0v) is 11.7. The highest BCUT2D eigenvalue weighted by atomic mass is 16.2. The lowest BCUT2D eigenvalue weighted by Gasteiger charge is -2.09. The van der Waals surface area contributed by atoms with E-state index in [-0.39, 0.29) is 22.4 Å². The lowest BCUT2D eigenvalue weighted by molar-refractivity contribution is 0.0951. The van der Waals surface area contributed by atoms with Gasteiger partial charge < -0.3 is 10.3 Å². The van der Waals surface area contributed by atoms with E-state index in [0.717, 1.165) is 37.8 Å². The van der Waals surface area contributed by atoms with Crippen molar-refractivity contribution in [2.24, 2.45) is 0 Å². The average Bonchev–Trinajstić information content (AvgIpc) is 3.14. The van der Waals surface area contributed by atoms with E-state index in [2.05, 4.69) is 24.1 Å². The van der Waals surface area contributed by atoms with Crippen LogP contribution in [0.15, 0.2) is 16.9 Å². The normalized spacial score (nSPS) is 16.1. The van der Waals surface area contributed by atoms with Crippen LogP contribution in [0.1, 0.15) is 62.0 Å². The zero-order valence-electron chi connectivity index (χ0n) is 11.7. The standard InChI is InChI=1S/C15H22N2O2/c1-3-4-5-10-16-13(18)11-6-7-12(17-14(11)19)15(2)8-9-15/h6-7H,3-5,8-10H2,1-2H3,(H,16,18)(H,17,19). The molecule has 4 heteroatoms. The second-order valence-corrected chi connectivity index (χ2v) is 5.64. The molecule has 2 rings (SSSR count). The molecule has 0 unspecified atom stereocenters. The molecule has 104 valence electrons. The SMILES string of the molecule is CCCCCNC(=O)c1ccc(C2(C)CC2)[nH]c1=O. The number of nitrogens with one attached hydrogen (secondary N) is 2. The summed E-state index contributed by atoms with van der Waals surface area (Å²) < 4.78 is 0. The van der Waals surface area contributed by atoms with Gasteiger partial charge in [-0.1, -0.05) is 26.7 Å². The molecule has 0 aromatic carbocycles. The predicted molar refractivity (Wildman–Crippen MR) is 75.5 cm³/mol. The van der Waals surface area contributed by atoms with Gasteiger partial charge in [0, 0.05) is 17.7 Å². The van der Waals surface area contributed by atoms with Gasteiger partial charge in [0.05, 0.1) is 0 Å². The third-order valence-electron chi connectivity index (χ3n) is 3.87.